The Hall–Kier alpha value is -3.58. The van der Waals surface area contributed by atoms with Crippen LogP contribution in [0, 0.1) is 0 Å². The summed E-state index contributed by atoms with van der Waals surface area (Å²) in [6.07, 6.45) is -0.00117. The number of nitrogens with zero attached hydrogens (tertiary/aromatic N) is 2. The fraction of sp³-hybridized carbons (Fsp3) is 0.308. The Bertz CT molecular complexity index is 1170. The molecule has 3 aromatic rings. The van der Waals surface area contributed by atoms with Gasteiger partial charge in [-0.05, 0) is 43.7 Å². The topological polar surface area (TPSA) is 83.2 Å². The molecule has 0 radical (unpaired) electrons. The molecule has 0 saturated carbocycles. The minimum atomic E-state index is -0.745. The number of ketones is 1. The van der Waals surface area contributed by atoms with E-state index >= 15 is 0 Å². The van der Waals surface area contributed by atoms with Crippen LogP contribution in [0.15, 0.2) is 70.3 Å². The molecule has 7 nitrogen and oxygen atoms in total. The molecule has 0 fully saturated rings. The second kappa shape index (κ2) is 9.11. The molecule has 172 valence electrons. The number of benzene rings is 2. The van der Waals surface area contributed by atoms with Crippen molar-refractivity contribution < 1.29 is 23.8 Å². The van der Waals surface area contributed by atoms with Crippen LogP contribution in [0.1, 0.15) is 36.0 Å². The number of amides is 1. The summed E-state index contributed by atoms with van der Waals surface area (Å²) in [4.78, 5) is 30.0. The average molecular weight is 449 g/mol. The predicted octanol–water partition coefficient (Wildman–Crippen LogP) is 4.50. The number of Topliss-reactive ketones (excluding diaryl/α,β-unsaturated/α-hetero) is 1. The van der Waals surface area contributed by atoms with Crippen LogP contribution in [-0.2, 0) is 9.53 Å². The highest BCUT2D eigenvalue weighted by Gasteiger charge is 2.44. The maximum absolute atomic E-state index is 13.5. The van der Waals surface area contributed by atoms with E-state index in [1.54, 1.807) is 12.1 Å². The van der Waals surface area contributed by atoms with E-state index in [0.29, 0.717) is 5.58 Å². The molecule has 1 amide bonds. The molecule has 1 N–H and O–H groups in total. The van der Waals surface area contributed by atoms with Crippen molar-refractivity contribution >= 4 is 28.3 Å². The largest absolute Gasteiger partial charge is 0.503 e. The number of aliphatic hydroxyl groups excluding tert-OH is 1. The Morgan fingerprint density at radius 3 is 2.48 bits per heavy atom. The third-order valence-electron chi connectivity index (χ3n) is 5.71. The summed E-state index contributed by atoms with van der Waals surface area (Å²) in [5.41, 5.74) is 2.29. The molecule has 0 saturated heterocycles. The summed E-state index contributed by atoms with van der Waals surface area (Å²) in [7, 11) is 3.87. The number of furan rings is 1. The lowest BCUT2D eigenvalue weighted by atomic mass is 9.94. The molecule has 0 spiro atoms. The molecule has 1 atom stereocenters. The van der Waals surface area contributed by atoms with Gasteiger partial charge in [-0.25, -0.2) is 0 Å². The van der Waals surface area contributed by atoms with Crippen LogP contribution in [0.3, 0.4) is 0 Å². The van der Waals surface area contributed by atoms with Crippen LogP contribution < -0.4 is 4.90 Å². The van der Waals surface area contributed by atoms with Crippen molar-refractivity contribution in [2.24, 2.45) is 0 Å². The van der Waals surface area contributed by atoms with Crippen molar-refractivity contribution in [3.8, 4) is 0 Å². The Balaban J connectivity index is 1.74. The summed E-state index contributed by atoms with van der Waals surface area (Å²) in [5.74, 6) is -1.57. The minimum Gasteiger partial charge on any atom is -0.503 e. The lowest BCUT2D eigenvalue weighted by Crippen LogP contribution is -2.34. The molecule has 1 aliphatic rings. The third kappa shape index (κ3) is 4.36. The molecule has 33 heavy (non-hydrogen) atoms. The summed E-state index contributed by atoms with van der Waals surface area (Å²) < 4.78 is 11.4. The second-order valence-corrected chi connectivity index (χ2v) is 8.55. The van der Waals surface area contributed by atoms with Gasteiger partial charge in [0, 0.05) is 31.7 Å². The average Bonchev–Trinajstić information content (AvgIpc) is 3.33. The molecule has 7 heteroatoms. The number of hydrogen-bond acceptors (Lipinski definition) is 6. The van der Waals surface area contributed by atoms with Gasteiger partial charge in [-0.15, -0.1) is 0 Å². The Morgan fingerprint density at radius 1 is 1.15 bits per heavy atom. The standard InChI is InChI=1S/C26H28N2O5/c1-16(2)32-14-13-28-23(17-9-11-19(12-10-17)27(3)4)22(25(30)26(28)31)24(29)21-15-18-7-5-6-8-20(18)33-21/h5-12,15-16,23,30H,13-14H2,1-4H3. The van der Waals surface area contributed by atoms with Crippen LogP contribution in [0.25, 0.3) is 11.0 Å². The fourth-order valence-corrected chi connectivity index (χ4v) is 4.03. The molecule has 4 rings (SSSR count). The van der Waals surface area contributed by atoms with Crippen LogP contribution >= 0.6 is 0 Å². The van der Waals surface area contributed by atoms with E-state index in [-0.39, 0.29) is 30.6 Å². The zero-order valence-corrected chi connectivity index (χ0v) is 19.2. The highest BCUT2D eigenvalue weighted by atomic mass is 16.5. The van der Waals surface area contributed by atoms with Crippen molar-refractivity contribution in [1.29, 1.82) is 0 Å². The van der Waals surface area contributed by atoms with E-state index in [2.05, 4.69) is 0 Å². The van der Waals surface area contributed by atoms with Crippen molar-refractivity contribution in [2.75, 3.05) is 32.1 Å². The van der Waals surface area contributed by atoms with Gasteiger partial charge in [-0.3, -0.25) is 9.59 Å². The molecular weight excluding hydrogens is 420 g/mol. The Labute approximate surface area is 192 Å². The van der Waals surface area contributed by atoms with Crippen molar-refractivity contribution in [3.63, 3.8) is 0 Å². The van der Waals surface area contributed by atoms with Gasteiger partial charge >= 0.3 is 0 Å². The van der Waals surface area contributed by atoms with Gasteiger partial charge in [0.2, 0.25) is 5.78 Å². The first-order valence-corrected chi connectivity index (χ1v) is 10.9. The number of hydrogen-bond donors (Lipinski definition) is 1. The smallest absolute Gasteiger partial charge is 0.290 e. The van der Waals surface area contributed by atoms with Gasteiger partial charge in [-0.1, -0.05) is 30.3 Å². The van der Waals surface area contributed by atoms with E-state index in [1.807, 2.05) is 75.3 Å². The zero-order chi connectivity index (χ0) is 23.7. The summed E-state index contributed by atoms with van der Waals surface area (Å²) >= 11 is 0. The molecule has 1 aliphatic heterocycles. The first-order valence-electron chi connectivity index (χ1n) is 10.9. The summed E-state index contributed by atoms with van der Waals surface area (Å²) in [5, 5.41) is 11.6. The molecule has 0 bridgehead atoms. The van der Waals surface area contributed by atoms with Crippen molar-refractivity contribution in [1.82, 2.24) is 4.90 Å². The predicted molar refractivity (Wildman–Crippen MR) is 127 cm³/mol. The normalized spacial score (nSPS) is 16.3. The number of fused-ring (bicyclic) bond motifs is 1. The molecule has 1 unspecified atom stereocenters. The number of anilines is 1. The third-order valence-corrected chi connectivity index (χ3v) is 5.71. The Morgan fingerprint density at radius 2 is 1.85 bits per heavy atom. The lowest BCUT2D eigenvalue weighted by Gasteiger charge is -2.27. The van der Waals surface area contributed by atoms with Gasteiger partial charge in [0.1, 0.15) is 5.58 Å². The van der Waals surface area contributed by atoms with Gasteiger partial charge in [0.05, 0.1) is 24.3 Å². The van der Waals surface area contributed by atoms with E-state index in [9.17, 15) is 14.7 Å². The SMILES string of the molecule is CC(C)OCCN1C(=O)C(O)=C(C(=O)c2cc3ccccc3o2)C1c1ccc(N(C)C)cc1. The van der Waals surface area contributed by atoms with E-state index in [0.717, 1.165) is 16.6 Å². The quantitative estimate of drug-likeness (QED) is 0.511. The number of carbonyl (C=O) groups is 2. The Kier molecular flexibility index (Phi) is 6.24. The second-order valence-electron chi connectivity index (χ2n) is 8.55. The van der Waals surface area contributed by atoms with Crippen LogP contribution in [0.5, 0.6) is 0 Å². The van der Waals surface area contributed by atoms with E-state index in [4.69, 9.17) is 9.15 Å². The van der Waals surface area contributed by atoms with Gasteiger partial charge in [-0.2, -0.15) is 0 Å². The molecule has 2 aromatic carbocycles. The first-order chi connectivity index (χ1) is 15.8. The lowest BCUT2D eigenvalue weighted by molar-refractivity contribution is -0.130. The minimum absolute atomic E-state index is 0.00117. The van der Waals surface area contributed by atoms with Crippen molar-refractivity contribution in [3.05, 3.63) is 77.3 Å². The van der Waals surface area contributed by atoms with Crippen LogP contribution in [-0.4, -0.2) is 55.0 Å². The fourth-order valence-electron chi connectivity index (χ4n) is 4.03. The monoisotopic (exact) mass is 448 g/mol. The number of aliphatic hydroxyl groups is 1. The van der Waals surface area contributed by atoms with E-state index in [1.165, 1.54) is 4.90 Å². The highest BCUT2D eigenvalue weighted by Crippen LogP contribution is 2.39. The molecule has 0 aliphatic carbocycles. The summed E-state index contributed by atoms with van der Waals surface area (Å²) in [6.45, 7) is 4.35. The molecule has 2 heterocycles. The van der Waals surface area contributed by atoms with Gasteiger partial charge in [0.25, 0.3) is 5.91 Å². The number of para-hydroxylation sites is 1. The highest BCUT2D eigenvalue weighted by molar-refractivity contribution is 6.16. The zero-order valence-electron chi connectivity index (χ0n) is 19.2. The van der Waals surface area contributed by atoms with Gasteiger partial charge in [0.15, 0.2) is 11.5 Å². The number of ether oxygens (including phenoxy) is 1. The first kappa shape index (κ1) is 22.6. The molecule has 1 aromatic heterocycles. The molecular formula is C26H28N2O5. The summed E-state index contributed by atoms with van der Waals surface area (Å²) in [6, 6.07) is 15.8. The number of rotatable bonds is 8. The maximum Gasteiger partial charge on any atom is 0.290 e. The van der Waals surface area contributed by atoms with Gasteiger partial charge < -0.3 is 24.1 Å². The van der Waals surface area contributed by atoms with Crippen molar-refractivity contribution in [2.45, 2.75) is 26.0 Å². The van der Waals surface area contributed by atoms with Crippen LogP contribution in [0.2, 0.25) is 0 Å². The maximum atomic E-state index is 13.5. The van der Waals surface area contributed by atoms with Crippen LogP contribution in [0.4, 0.5) is 5.69 Å². The number of carbonyl (C=O) groups excluding carboxylic acids is 2. The van der Waals surface area contributed by atoms with E-state index < -0.39 is 23.5 Å².